The molecule has 0 spiro atoms. The van der Waals surface area contributed by atoms with Crippen LogP contribution in [0.1, 0.15) is 24.3 Å². The van der Waals surface area contributed by atoms with Crippen molar-refractivity contribution in [2.24, 2.45) is 0 Å². The highest BCUT2D eigenvalue weighted by atomic mass is 35.5. The average Bonchev–Trinajstić information content (AvgIpc) is 2.59. The molecular formula is C11H10ClNO2S. The molecule has 3 nitrogen and oxygen atoms in total. The second kappa shape index (κ2) is 4.39. The molecule has 0 fully saturated rings. The maximum absolute atomic E-state index is 10.6. The number of hydrogen-bond donors (Lipinski definition) is 1. The Kier molecular flexibility index (Phi) is 3.12. The predicted octanol–water partition coefficient (Wildman–Crippen LogP) is 3.53. The number of thiazole rings is 1. The van der Waals surface area contributed by atoms with E-state index in [9.17, 15) is 4.79 Å². The molecule has 1 aromatic carbocycles. The lowest BCUT2D eigenvalue weighted by molar-refractivity contribution is -0.137. The van der Waals surface area contributed by atoms with Gasteiger partial charge in [0.1, 0.15) is 0 Å². The van der Waals surface area contributed by atoms with Gasteiger partial charge in [-0.05, 0) is 18.2 Å². The third kappa shape index (κ3) is 2.33. The van der Waals surface area contributed by atoms with E-state index in [0.29, 0.717) is 5.02 Å². The summed E-state index contributed by atoms with van der Waals surface area (Å²) in [5.74, 6) is -0.863. The molecular weight excluding hydrogens is 246 g/mol. The van der Waals surface area contributed by atoms with Crippen LogP contribution in [0, 0.1) is 0 Å². The lowest BCUT2D eigenvalue weighted by Crippen LogP contribution is -2.02. The summed E-state index contributed by atoms with van der Waals surface area (Å²) in [5, 5.41) is 10.2. The first-order valence-corrected chi connectivity index (χ1v) is 6.03. The van der Waals surface area contributed by atoms with Gasteiger partial charge >= 0.3 is 5.97 Å². The molecule has 5 heteroatoms. The molecule has 1 atom stereocenters. The third-order valence-corrected chi connectivity index (χ3v) is 3.77. The molecule has 0 aliphatic heterocycles. The molecule has 0 saturated carbocycles. The smallest absolute Gasteiger partial charge is 0.304 e. The maximum Gasteiger partial charge on any atom is 0.304 e. The Hall–Kier alpha value is -1.13. The van der Waals surface area contributed by atoms with Gasteiger partial charge in [0, 0.05) is 10.9 Å². The molecule has 0 aliphatic carbocycles. The Balaban J connectivity index is 2.35. The zero-order chi connectivity index (χ0) is 11.7. The van der Waals surface area contributed by atoms with E-state index in [4.69, 9.17) is 16.7 Å². The highest BCUT2D eigenvalue weighted by molar-refractivity contribution is 7.18. The molecule has 0 saturated heterocycles. The number of carboxylic acid groups (broad SMARTS) is 1. The molecule has 16 heavy (non-hydrogen) atoms. The van der Waals surface area contributed by atoms with Crippen molar-refractivity contribution in [2.45, 2.75) is 19.3 Å². The number of aliphatic carboxylic acids is 1. The molecule has 1 N–H and O–H groups in total. The minimum Gasteiger partial charge on any atom is -0.481 e. The van der Waals surface area contributed by atoms with Gasteiger partial charge < -0.3 is 5.11 Å². The van der Waals surface area contributed by atoms with Crippen LogP contribution in [-0.2, 0) is 4.79 Å². The van der Waals surface area contributed by atoms with Gasteiger partial charge in [0.05, 0.1) is 21.6 Å². The number of carboxylic acids is 1. The monoisotopic (exact) mass is 255 g/mol. The summed E-state index contributed by atoms with van der Waals surface area (Å²) < 4.78 is 1.04. The summed E-state index contributed by atoms with van der Waals surface area (Å²) in [5.41, 5.74) is 0.838. The van der Waals surface area contributed by atoms with Crippen LogP contribution < -0.4 is 0 Å². The fraction of sp³-hybridized carbons (Fsp3) is 0.273. The fourth-order valence-electron chi connectivity index (χ4n) is 1.48. The summed E-state index contributed by atoms with van der Waals surface area (Å²) >= 11 is 7.39. The van der Waals surface area contributed by atoms with Gasteiger partial charge in [-0.3, -0.25) is 4.79 Å². The van der Waals surface area contributed by atoms with Crippen molar-refractivity contribution in [1.29, 1.82) is 0 Å². The first-order valence-electron chi connectivity index (χ1n) is 4.84. The van der Waals surface area contributed by atoms with Gasteiger partial charge in [0.25, 0.3) is 0 Å². The summed E-state index contributed by atoms with van der Waals surface area (Å²) in [7, 11) is 0. The van der Waals surface area contributed by atoms with E-state index in [1.54, 1.807) is 6.07 Å². The van der Waals surface area contributed by atoms with Crippen molar-refractivity contribution >= 4 is 39.1 Å². The number of hydrogen-bond acceptors (Lipinski definition) is 3. The predicted molar refractivity (Wildman–Crippen MR) is 65.3 cm³/mol. The fourth-order valence-corrected chi connectivity index (χ4v) is 2.64. The van der Waals surface area contributed by atoms with Crippen molar-refractivity contribution in [1.82, 2.24) is 4.98 Å². The van der Waals surface area contributed by atoms with Crippen LogP contribution >= 0.6 is 22.9 Å². The normalized spacial score (nSPS) is 12.9. The number of carbonyl (C=O) groups is 1. The second-order valence-corrected chi connectivity index (χ2v) is 5.16. The van der Waals surface area contributed by atoms with Gasteiger partial charge in [0.15, 0.2) is 0 Å². The molecule has 0 bridgehead atoms. The van der Waals surface area contributed by atoms with Crippen LogP contribution in [0.3, 0.4) is 0 Å². The Morgan fingerprint density at radius 3 is 3.06 bits per heavy atom. The van der Waals surface area contributed by atoms with E-state index in [-0.39, 0.29) is 12.3 Å². The highest BCUT2D eigenvalue weighted by Gasteiger charge is 2.14. The Morgan fingerprint density at radius 1 is 1.62 bits per heavy atom. The van der Waals surface area contributed by atoms with Crippen LogP contribution in [0.5, 0.6) is 0 Å². The number of fused-ring (bicyclic) bond motifs is 1. The second-order valence-electron chi connectivity index (χ2n) is 3.66. The SMILES string of the molecule is CC(CC(=O)O)c1nc2cc(Cl)ccc2s1. The van der Waals surface area contributed by atoms with E-state index in [1.165, 1.54) is 11.3 Å². The zero-order valence-electron chi connectivity index (χ0n) is 8.61. The summed E-state index contributed by atoms with van der Waals surface area (Å²) in [4.78, 5) is 15.0. The Labute approximate surface area is 102 Å². The topological polar surface area (TPSA) is 50.2 Å². The van der Waals surface area contributed by atoms with Crippen molar-refractivity contribution in [3.8, 4) is 0 Å². The number of rotatable bonds is 3. The number of aromatic nitrogens is 1. The first-order chi connectivity index (χ1) is 7.56. The molecule has 2 rings (SSSR count). The van der Waals surface area contributed by atoms with Gasteiger partial charge in [0.2, 0.25) is 0 Å². The van der Waals surface area contributed by atoms with Crippen LogP contribution in [0.15, 0.2) is 18.2 Å². The molecule has 2 aromatic rings. The number of halogens is 1. The van der Waals surface area contributed by atoms with E-state index in [1.807, 2.05) is 19.1 Å². The van der Waals surface area contributed by atoms with Crippen LogP contribution in [0.4, 0.5) is 0 Å². The maximum atomic E-state index is 10.6. The summed E-state index contributed by atoms with van der Waals surface area (Å²) in [6.45, 7) is 1.87. The Bertz CT molecular complexity index is 538. The summed E-state index contributed by atoms with van der Waals surface area (Å²) in [6, 6.07) is 5.52. The molecule has 84 valence electrons. The van der Waals surface area contributed by atoms with Crippen molar-refractivity contribution in [3.63, 3.8) is 0 Å². The van der Waals surface area contributed by atoms with Crippen LogP contribution in [0.25, 0.3) is 10.2 Å². The molecule has 0 radical (unpaired) electrons. The lowest BCUT2D eigenvalue weighted by atomic mass is 10.1. The molecule has 0 aliphatic rings. The molecule has 0 amide bonds. The molecule has 1 aromatic heterocycles. The highest BCUT2D eigenvalue weighted by Crippen LogP contribution is 2.30. The van der Waals surface area contributed by atoms with E-state index < -0.39 is 5.97 Å². The quantitative estimate of drug-likeness (QED) is 0.913. The lowest BCUT2D eigenvalue weighted by Gasteiger charge is -2.02. The number of benzene rings is 1. The van der Waals surface area contributed by atoms with E-state index in [2.05, 4.69) is 4.98 Å². The van der Waals surface area contributed by atoms with Crippen molar-refractivity contribution in [2.75, 3.05) is 0 Å². The van der Waals surface area contributed by atoms with E-state index >= 15 is 0 Å². The van der Waals surface area contributed by atoms with Gasteiger partial charge in [-0.1, -0.05) is 18.5 Å². The molecule has 1 heterocycles. The van der Waals surface area contributed by atoms with Gasteiger partial charge in [-0.2, -0.15) is 0 Å². The third-order valence-electron chi connectivity index (χ3n) is 2.27. The van der Waals surface area contributed by atoms with Crippen molar-refractivity contribution in [3.05, 3.63) is 28.2 Å². The average molecular weight is 256 g/mol. The number of nitrogens with zero attached hydrogens (tertiary/aromatic N) is 1. The van der Waals surface area contributed by atoms with Crippen LogP contribution in [0.2, 0.25) is 5.02 Å². The Morgan fingerprint density at radius 2 is 2.38 bits per heavy atom. The van der Waals surface area contributed by atoms with E-state index in [0.717, 1.165) is 15.2 Å². The minimum atomic E-state index is -0.801. The molecule has 1 unspecified atom stereocenters. The first kappa shape index (κ1) is 11.4. The van der Waals surface area contributed by atoms with Crippen molar-refractivity contribution < 1.29 is 9.90 Å². The minimum absolute atomic E-state index is 0.0614. The zero-order valence-corrected chi connectivity index (χ0v) is 10.2. The standard InChI is InChI=1S/C11H10ClNO2S/c1-6(4-10(14)15)11-13-8-5-7(12)2-3-9(8)16-11/h2-3,5-6H,4H2,1H3,(H,14,15). The summed E-state index contributed by atoms with van der Waals surface area (Å²) in [6.07, 6.45) is 0.105. The van der Waals surface area contributed by atoms with Crippen LogP contribution in [-0.4, -0.2) is 16.1 Å². The van der Waals surface area contributed by atoms with Gasteiger partial charge in [-0.15, -0.1) is 11.3 Å². The largest absolute Gasteiger partial charge is 0.481 e. The van der Waals surface area contributed by atoms with Gasteiger partial charge in [-0.25, -0.2) is 4.98 Å².